The van der Waals surface area contributed by atoms with Gasteiger partial charge in [-0.15, -0.1) is 0 Å². The van der Waals surface area contributed by atoms with Crippen molar-refractivity contribution in [1.82, 2.24) is 4.98 Å². The van der Waals surface area contributed by atoms with Crippen LogP contribution in [0.3, 0.4) is 0 Å². The van der Waals surface area contributed by atoms with Crippen molar-refractivity contribution >= 4 is 10.9 Å². The van der Waals surface area contributed by atoms with Crippen molar-refractivity contribution in [3.8, 4) is 11.5 Å². The summed E-state index contributed by atoms with van der Waals surface area (Å²) in [5.41, 5.74) is 0.916. The zero-order valence-electron chi connectivity index (χ0n) is 9.73. The molecule has 1 heterocycles. The first-order chi connectivity index (χ1) is 7.70. The van der Waals surface area contributed by atoms with Crippen LogP contribution in [0.5, 0.6) is 11.5 Å². The Hall–Kier alpha value is -1.77. The molecule has 0 unspecified atom stereocenters. The van der Waals surface area contributed by atoms with Crippen LogP contribution in [-0.4, -0.2) is 18.2 Å². The van der Waals surface area contributed by atoms with Crippen molar-refractivity contribution < 1.29 is 9.47 Å². The molecule has 2 rings (SSSR count). The third-order valence-electron chi connectivity index (χ3n) is 2.25. The summed E-state index contributed by atoms with van der Waals surface area (Å²) >= 11 is 0. The molecule has 3 heteroatoms. The standard InChI is InChI=1S/C13H15NO2/c1-9(2)16-13-8-11-10(5-4-6-14-11)7-12(13)15-3/h4-9H,1-3H3. The van der Waals surface area contributed by atoms with Gasteiger partial charge in [0.15, 0.2) is 11.5 Å². The number of aromatic nitrogens is 1. The number of ether oxygens (including phenoxy) is 2. The minimum absolute atomic E-state index is 0.120. The first-order valence-electron chi connectivity index (χ1n) is 5.30. The molecule has 0 bridgehead atoms. The molecular weight excluding hydrogens is 202 g/mol. The highest BCUT2D eigenvalue weighted by Gasteiger charge is 2.08. The van der Waals surface area contributed by atoms with Crippen LogP contribution in [0, 0.1) is 0 Å². The van der Waals surface area contributed by atoms with Gasteiger partial charge in [0.1, 0.15) is 0 Å². The van der Waals surface area contributed by atoms with E-state index >= 15 is 0 Å². The Morgan fingerprint density at radius 1 is 1.19 bits per heavy atom. The molecule has 1 aromatic carbocycles. The van der Waals surface area contributed by atoms with Gasteiger partial charge < -0.3 is 9.47 Å². The second-order valence-electron chi connectivity index (χ2n) is 3.87. The molecule has 1 aromatic heterocycles. The molecule has 0 amide bonds. The lowest BCUT2D eigenvalue weighted by Crippen LogP contribution is -2.06. The van der Waals surface area contributed by atoms with Crippen LogP contribution in [0.25, 0.3) is 10.9 Å². The fourth-order valence-electron chi connectivity index (χ4n) is 1.59. The zero-order valence-corrected chi connectivity index (χ0v) is 9.73. The number of methoxy groups -OCH3 is 1. The van der Waals surface area contributed by atoms with Crippen molar-refractivity contribution in [3.05, 3.63) is 30.5 Å². The Balaban J connectivity index is 2.53. The summed E-state index contributed by atoms with van der Waals surface area (Å²) in [6, 6.07) is 7.77. The normalized spacial score (nSPS) is 10.8. The average molecular weight is 217 g/mol. The summed E-state index contributed by atoms with van der Waals surface area (Å²) in [6.45, 7) is 3.98. The molecule has 0 aliphatic rings. The molecule has 0 radical (unpaired) electrons. The van der Waals surface area contributed by atoms with Gasteiger partial charge in [-0.2, -0.15) is 0 Å². The fraction of sp³-hybridized carbons (Fsp3) is 0.308. The van der Waals surface area contributed by atoms with E-state index in [9.17, 15) is 0 Å². The number of fused-ring (bicyclic) bond motifs is 1. The van der Waals surface area contributed by atoms with Crippen molar-refractivity contribution in [1.29, 1.82) is 0 Å². The number of pyridine rings is 1. The monoisotopic (exact) mass is 217 g/mol. The van der Waals surface area contributed by atoms with Gasteiger partial charge in [0.2, 0.25) is 0 Å². The van der Waals surface area contributed by atoms with Gasteiger partial charge in [-0.3, -0.25) is 4.98 Å². The van der Waals surface area contributed by atoms with Gasteiger partial charge in [0.05, 0.1) is 18.7 Å². The number of hydrogen-bond acceptors (Lipinski definition) is 3. The fourth-order valence-corrected chi connectivity index (χ4v) is 1.59. The summed E-state index contributed by atoms with van der Waals surface area (Å²) < 4.78 is 11.0. The molecule has 0 aliphatic heterocycles. The van der Waals surface area contributed by atoms with E-state index in [1.807, 2.05) is 38.1 Å². The minimum atomic E-state index is 0.120. The summed E-state index contributed by atoms with van der Waals surface area (Å²) in [7, 11) is 1.64. The Morgan fingerprint density at radius 2 is 2.00 bits per heavy atom. The van der Waals surface area contributed by atoms with Crippen LogP contribution < -0.4 is 9.47 Å². The molecule has 0 atom stereocenters. The predicted molar refractivity (Wildman–Crippen MR) is 64.1 cm³/mol. The molecule has 3 nitrogen and oxygen atoms in total. The predicted octanol–water partition coefficient (Wildman–Crippen LogP) is 3.03. The van der Waals surface area contributed by atoms with E-state index in [0.29, 0.717) is 0 Å². The lowest BCUT2D eigenvalue weighted by molar-refractivity contribution is 0.230. The topological polar surface area (TPSA) is 31.4 Å². The molecule has 0 saturated carbocycles. The van der Waals surface area contributed by atoms with Gasteiger partial charge in [0, 0.05) is 17.6 Å². The maximum Gasteiger partial charge on any atom is 0.163 e. The smallest absolute Gasteiger partial charge is 0.163 e. The van der Waals surface area contributed by atoms with Gasteiger partial charge in [-0.1, -0.05) is 6.07 Å². The summed E-state index contributed by atoms with van der Waals surface area (Å²) in [5, 5.41) is 1.05. The highest BCUT2D eigenvalue weighted by Crippen LogP contribution is 2.31. The van der Waals surface area contributed by atoms with Crippen LogP contribution >= 0.6 is 0 Å². The lowest BCUT2D eigenvalue weighted by atomic mass is 10.2. The number of nitrogens with zero attached hydrogens (tertiary/aromatic N) is 1. The maximum absolute atomic E-state index is 5.68. The second kappa shape index (κ2) is 4.39. The Labute approximate surface area is 95.0 Å². The van der Waals surface area contributed by atoms with E-state index in [1.165, 1.54) is 0 Å². The van der Waals surface area contributed by atoms with E-state index in [-0.39, 0.29) is 6.10 Å². The first-order valence-corrected chi connectivity index (χ1v) is 5.30. The highest BCUT2D eigenvalue weighted by molar-refractivity contribution is 5.82. The van der Waals surface area contributed by atoms with E-state index in [2.05, 4.69) is 4.98 Å². The van der Waals surface area contributed by atoms with Gasteiger partial charge >= 0.3 is 0 Å². The Morgan fingerprint density at radius 3 is 2.69 bits per heavy atom. The van der Waals surface area contributed by atoms with E-state index in [1.54, 1.807) is 13.3 Å². The molecule has 0 saturated heterocycles. The Bertz CT molecular complexity index is 494. The van der Waals surface area contributed by atoms with Gasteiger partial charge in [-0.25, -0.2) is 0 Å². The Kier molecular flexibility index (Phi) is 2.95. The van der Waals surface area contributed by atoms with Crippen LogP contribution in [0.2, 0.25) is 0 Å². The molecule has 2 aromatic rings. The second-order valence-corrected chi connectivity index (χ2v) is 3.87. The van der Waals surface area contributed by atoms with E-state index in [0.717, 1.165) is 22.4 Å². The maximum atomic E-state index is 5.68. The molecule has 0 fully saturated rings. The van der Waals surface area contributed by atoms with E-state index in [4.69, 9.17) is 9.47 Å². The third kappa shape index (κ3) is 2.08. The van der Waals surface area contributed by atoms with Crippen molar-refractivity contribution in [3.63, 3.8) is 0 Å². The van der Waals surface area contributed by atoms with Crippen LogP contribution in [-0.2, 0) is 0 Å². The first kappa shape index (κ1) is 10.7. The van der Waals surface area contributed by atoms with Crippen molar-refractivity contribution in [2.24, 2.45) is 0 Å². The van der Waals surface area contributed by atoms with Crippen molar-refractivity contribution in [2.75, 3.05) is 7.11 Å². The van der Waals surface area contributed by atoms with Gasteiger partial charge in [-0.05, 0) is 26.0 Å². The molecule has 0 aliphatic carbocycles. The van der Waals surface area contributed by atoms with E-state index < -0.39 is 0 Å². The van der Waals surface area contributed by atoms with Crippen LogP contribution in [0.4, 0.5) is 0 Å². The number of hydrogen-bond donors (Lipinski definition) is 0. The molecular formula is C13H15NO2. The number of rotatable bonds is 3. The SMILES string of the molecule is COc1cc2cccnc2cc1OC(C)C. The molecule has 16 heavy (non-hydrogen) atoms. The summed E-state index contributed by atoms with van der Waals surface area (Å²) in [6.07, 6.45) is 1.89. The molecule has 84 valence electrons. The third-order valence-corrected chi connectivity index (χ3v) is 2.25. The summed E-state index contributed by atoms with van der Waals surface area (Å²) in [5.74, 6) is 1.48. The quantitative estimate of drug-likeness (QED) is 0.791. The number of benzene rings is 1. The van der Waals surface area contributed by atoms with Gasteiger partial charge in [0.25, 0.3) is 0 Å². The molecule has 0 spiro atoms. The summed E-state index contributed by atoms with van der Waals surface area (Å²) in [4.78, 5) is 4.29. The minimum Gasteiger partial charge on any atom is -0.493 e. The average Bonchev–Trinajstić information content (AvgIpc) is 2.27. The van der Waals surface area contributed by atoms with Crippen molar-refractivity contribution in [2.45, 2.75) is 20.0 Å². The molecule has 0 N–H and O–H groups in total. The lowest BCUT2D eigenvalue weighted by Gasteiger charge is -2.14. The highest BCUT2D eigenvalue weighted by atomic mass is 16.5. The van der Waals surface area contributed by atoms with Crippen LogP contribution in [0.15, 0.2) is 30.5 Å². The zero-order chi connectivity index (χ0) is 11.5. The largest absolute Gasteiger partial charge is 0.493 e. The van der Waals surface area contributed by atoms with Crippen LogP contribution in [0.1, 0.15) is 13.8 Å².